The van der Waals surface area contributed by atoms with Crippen molar-refractivity contribution in [3.8, 4) is 0 Å². The summed E-state index contributed by atoms with van der Waals surface area (Å²) >= 11 is 0. The molecule has 0 saturated heterocycles. The lowest BCUT2D eigenvalue weighted by Gasteiger charge is -2.15. The fraction of sp³-hybridized carbons (Fsp3) is 0.300. The summed E-state index contributed by atoms with van der Waals surface area (Å²) in [5, 5.41) is 2.67. The van der Waals surface area contributed by atoms with Gasteiger partial charge in [0.15, 0.2) is 6.61 Å². The summed E-state index contributed by atoms with van der Waals surface area (Å²) in [6, 6.07) is 11.1. The highest BCUT2D eigenvalue weighted by Gasteiger charge is 2.31. The molecule has 4 nitrogen and oxygen atoms in total. The molecule has 0 aliphatic heterocycles. The Labute approximate surface area is 155 Å². The summed E-state index contributed by atoms with van der Waals surface area (Å²) in [4.78, 5) is 24.0. The van der Waals surface area contributed by atoms with Gasteiger partial charge in [0.2, 0.25) is 0 Å². The van der Waals surface area contributed by atoms with Gasteiger partial charge in [-0.25, -0.2) is 4.79 Å². The maximum absolute atomic E-state index is 12.7. The van der Waals surface area contributed by atoms with Crippen molar-refractivity contribution < 1.29 is 27.5 Å². The number of halogens is 3. The minimum Gasteiger partial charge on any atom is -0.452 e. The van der Waals surface area contributed by atoms with Crippen molar-refractivity contribution in [3.63, 3.8) is 0 Å². The second-order valence-corrected chi connectivity index (χ2v) is 6.10. The normalized spacial score (nSPS) is 12.3. The first-order chi connectivity index (χ1) is 12.7. The number of ether oxygens (including phenoxy) is 1. The number of carbonyl (C=O) groups excluding carboxylic acids is 2. The van der Waals surface area contributed by atoms with Crippen LogP contribution in [0.5, 0.6) is 0 Å². The van der Waals surface area contributed by atoms with Gasteiger partial charge in [0.05, 0.1) is 11.1 Å². The number of esters is 1. The number of rotatable bonds is 6. The van der Waals surface area contributed by atoms with E-state index >= 15 is 0 Å². The molecule has 2 aromatic rings. The smallest absolute Gasteiger partial charge is 0.416 e. The molecule has 0 fully saturated rings. The number of alkyl halides is 3. The molecular formula is C20H20F3NO3. The first-order valence-electron chi connectivity index (χ1n) is 8.45. The fourth-order valence-electron chi connectivity index (χ4n) is 2.48. The minimum atomic E-state index is -4.56. The molecule has 2 rings (SSSR count). The van der Waals surface area contributed by atoms with E-state index < -0.39 is 30.2 Å². The first kappa shape index (κ1) is 20.5. The second-order valence-electron chi connectivity index (χ2n) is 6.10. The molecule has 1 amide bonds. The minimum absolute atomic E-state index is 0.231. The predicted molar refractivity (Wildman–Crippen MR) is 95.5 cm³/mol. The number of hydrogen-bond donors (Lipinski definition) is 1. The lowest BCUT2D eigenvalue weighted by atomic mass is 9.97. The number of para-hydroxylation sites is 1. The maximum atomic E-state index is 12.7. The van der Waals surface area contributed by atoms with E-state index in [4.69, 9.17) is 4.74 Å². The zero-order valence-corrected chi connectivity index (χ0v) is 15.0. The van der Waals surface area contributed by atoms with Gasteiger partial charge >= 0.3 is 12.1 Å². The average molecular weight is 379 g/mol. The molecule has 0 aliphatic rings. The lowest BCUT2D eigenvalue weighted by molar-refractivity contribution is -0.137. The van der Waals surface area contributed by atoms with Gasteiger partial charge < -0.3 is 10.1 Å². The Balaban J connectivity index is 1.99. The van der Waals surface area contributed by atoms with E-state index in [0.29, 0.717) is 11.8 Å². The van der Waals surface area contributed by atoms with Crippen LogP contribution in [0.25, 0.3) is 0 Å². The topological polar surface area (TPSA) is 55.4 Å². The van der Waals surface area contributed by atoms with Crippen molar-refractivity contribution in [1.82, 2.24) is 0 Å². The maximum Gasteiger partial charge on any atom is 0.416 e. The molecule has 144 valence electrons. The Kier molecular flexibility index (Phi) is 6.60. The van der Waals surface area contributed by atoms with Gasteiger partial charge in [-0.2, -0.15) is 13.2 Å². The Morgan fingerprint density at radius 2 is 1.81 bits per heavy atom. The number of benzene rings is 2. The average Bonchev–Trinajstić information content (AvgIpc) is 2.65. The van der Waals surface area contributed by atoms with Gasteiger partial charge in [0, 0.05) is 5.69 Å². The van der Waals surface area contributed by atoms with Crippen LogP contribution in [0, 0.1) is 0 Å². The molecule has 1 atom stereocenters. The van der Waals surface area contributed by atoms with Gasteiger partial charge in [0.1, 0.15) is 0 Å². The highest BCUT2D eigenvalue weighted by atomic mass is 19.4. The summed E-state index contributed by atoms with van der Waals surface area (Å²) in [7, 11) is 0. The SMILES string of the molecule is CC[C@H](C)c1ccccc1NC(=O)COC(=O)c1cccc(C(F)(F)F)c1. The molecule has 0 saturated carbocycles. The van der Waals surface area contributed by atoms with Crippen molar-refractivity contribution in [2.24, 2.45) is 0 Å². The molecule has 0 unspecified atom stereocenters. The molecular weight excluding hydrogens is 359 g/mol. The van der Waals surface area contributed by atoms with Crippen LogP contribution >= 0.6 is 0 Å². The third kappa shape index (κ3) is 5.57. The zero-order chi connectivity index (χ0) is 20.0. The standard InChI is InChI=1S/C20H20F3NO3/c1-3-13(2)16-9-4-5-10-17(16)24-18(25)12-27-19(26)14-7-6-8-15(11-14)20(21,22)23/h4-11,13H,3,12H2,1-2H3,(H,24,25)/t13-/m0/s1. The Hall–Kier alpha value is -2.83. The lowest BCUT2D eigenvalue weighted by Crippen LogP contribution is -2.22. The fourth-order valence-corrected chi connectivity index (χ4v) is 2.48. The molecule has 2 aromatic carbocycles. The molecule has 7 heteroatoms. The molecule has 27 heavy (non-hydrogen) atoms. The first-order valence-corrected chi connectivity index (χ1v) is 8.45. The van der Waals surface area contributed by atoms with Gasteiger partial charge in [-0.3, -0.25) is 4.79 Å². The highest BCUT2D eigenvalue weighted by molar-refractivity contribution is 5.96. The molecule has 0 radical (unpaired) electrons. The van der Waals surface area contributed by atoms with Crippen molar-refractivity contribution in [1.29, 1.82) is 0 Å². The number of anilines is 1. The van der Waals surface area contributed by atoms with E-state index in [1.165, 1.54) is 6.07 Å². The van der Waals surface area contributed by atoms with E-state index in [0.717, 1.165) is 24.1 Å². The van der Waals surface area contributed by atoms with Crippen LogP contribution in [0.15, 0.2) is 48.5 Å². The number of hydrogen-bond acceptors (Lipinski definition) is 3. The zero-order valence-electron chi connectivity index (χ0n) is 15.0. The second kappa shape index (κ2) is 8.70. The van der Waals surface area contributed by atoms with Gasteiger partial charge in [-0.1, -0.05) is 38.1 Å². The summed E-state index contributed by atoms with van der Waals surface area (Å²) in [5.74, 6) is -1.33. The van der Waals surface area contributed by atoms with Crippen molar-refractivity contribution >= 4 is 17.6 Å². The van der Waals surface area contributed by atoms with Crippen molar-refractivity contribution in [2.75, 3.05) is 11.9 Å². The third-order valence-electron chi connectivity index (χ3n) is 4.14. The molecule has 0 heterocycles. The van der Waals surface area contributed by atoms with E-state index in [9.17, 15) is 22.8 Å². The summed E-state index contributed by atoms with van der Waals surface area (Å²) in [6.45, 7) is 3.46. The van der Waals surface area contributed by atoms with Crippen molar-refractivity contribution in [3.05, 3.63) is 65.2 Å². The van der Waals surface area contributed by atoms with Crippen LogP contribution in [-0.4, -0.2) is 18.5 Å². The van der Waals surface area contributed by atoms with Crippen LogP contribution in [0.3, 0.4) is 0 Å². The van der Waals surface area contributed by atoms with E-state index in [2.05, 4.69) is 5.32 Å². The predicted octanol–water partition coefficient (Wildman–Crippen LogP) is 5.01. The summed E-state index contributed by atoms with van der Waals surface area (Å²) in [5.41, 5.74) is 0.353. The third-order valence-corrected chi connectivity index (χ3v) is 4.14. The summed E-state index contributed by atoms with van der Waals surface area (Å²) < 4.78 is 42.9. The quantitative estimate of drug-likeness (QED) is 0.718. The van der Waals surface area contributed by atoms with Gasteiger partial charge in [-0.05, 0) is 42.2 Å². The van der Waals surface area contributed by atoms with Crippen LogP contribution in [0.1, 0.15) is 47.7 Å². The van der Waals surface area contributed by atoms with E-state index in [1.807, 2.05) is 26.0 Å². The molecule has 0 bridgehead atoms. The highest BCUT2D eigenvalue weighted by Crippen LogP contribution is 2.29. The Morgan fingerprint density at radius 3 is 2.48 bits per heavy atom. The van der Waals surface area contributed by atoms with Crippen LogP contribution in [0.2, 0.25) is 0 Å². The van der Waals surface area contributed by atoms with E-state index in [1.54, 1.807) is 12.1 Å². The number of amides is 1. The Morgan fingerprint density at radius 1 is 1.11 bits per heavy atom. The summed E-state index contributed by atoms with van der Waals surface area (Å²) in [6.07, 6.45) is -3.68. The molecule has 0 aromatic heterocycles. The number of nitrogens with one attached hydrogen (secondary N) is 1. The molecule has 1 N–H and O–H groups in total. The van der Waals surface area contributed by atoms with Gasteiger partial charge in [-0.15, -0.1) is 0 Å². The van der Waals surface area contributed by atoms with Crippen LogP contribution in [-0.2, 0) is 15.7 Å². The van der Waals surface area contributed by atoms with Gasteiger partial charge in [0.25, 0.3) is 5.91 Å². The molecule has 0 aliphatic carbocycles. The van der Waals surface area contributed by atoms with Crippen molar-refractivity contribution in [2.45, 2.75) is 32.4 Å². The van der Waals surface area contributed by atoms with E-state index in [-0.39, 0.29) is 11.5 Å². The van der Waals surface area contributed by atoms with Crippen LogP contribution in [0.4, 0.5) is 18.9 Å². The van der Waals surface area contributed by atoms with Crippen LogP contribution < -0.4 is 5.32 Å². The largest absolute Gasteiger partial charge is 0.452 e. The monoisotopic (exact) mass is 379 g/mol. The number of carbonyl (C=O) groups is 2. The Bertz CT molecular complexity index is 818. The molecule has 0 spiro atoms.